The number of carbonyl (C=O) groups excluding carboxylic acids is 1. The van der Waals surface area contributed by atoms with Crippen LogP contribution in [0.4, 0.5) is 4.39 Å². The quantitative estimate of drug-likeness (QED) is 0.726. The van der Waals surface area contributed by atoms with E-state index in [0.717, 1.165) is 32.7 Å². The third-order valence-corrected chi connectivity index (χ3v) is 4.35. The van der Waals surface area contributed by atoms with Crippen molar-refractivity contribution in [3.05, 3.63) is 45.4 Å². The highest BCUT2D eigenvalue weighted by atomic mass is 32.1. The lowest BCUT2D eigenvalue weighted by atomic mass is 9.98. The number of carbonyl (C=O) groups is 1. The van der Waals surface area contributed by atoms with Crippen LogP contribution in [0.1, 0.15) is 39.9 Å². The lowest BCUT2D eigenvalue weighted by Crippen LogP contribution is -1.91. The van der Waals surface area contributed by atoms with Gasteiger partial charge in [0.05, 0.1) is 0 Å². The molecule has 0 atom stereocenters. The minimum Gasteiger partial charge on any atom is -0.298 e. The maximum Gasteiger partial charge on any atom is 0.151 e. The summed E-state index contributed by atoms with van der Waals surface area (Å²) in [6.45, 7) is 6.15. The Kier molecular flexibility index (Phi) is 3.62. The van der Waals surface area contributed by atoms with E-state index in [9.17, 15) is 9.18 Å². The van der Waals surface area contributed by atoms with Crippen LogP contribution in [0.15, 0.2) is 24.3 Å². The highest BCUT2D eigenvalue weighted by Gasteiger charge is 2.18. The monoisotopic (exact) mass is 262 g/mol. The number of benzene rings is 1. The SMILES string of the molecule is Cc1sc(C(C)C)c(C=O)c1-c1ccc(F)cc1. The van der Waals surface area contributed by atoms with Crippen molar-refractivity contribution in [3.63, 3.8) is 0 Å². The average Bonchev–Trinajstić information content (AvgIpc) is 2.67. The largest absolute Gasteiger partial charge is 0.298 e. The van der Waals surface area contributed by atoms with Gasteiger partial charge in [0.25, 0.3) is 0 Å². The molecule has 1 heterocycles. The Labute approximate surface area is 110 Å². The van der Waals surface area contributed by atoms with Crippen molar-refractivity contribution in [3.8, 4) is 11.1 Å². The first-order valence-corrected chi connectivity index (χ1v) is 6.70. The third-order valence-electron chi connectivity index (χ3n) is 2.93. The number of hydrogen-bond donors (Lipinski definition) is 0. The summed E-state index contributed by atoms with van der Waals surface area (Å²) in [5.74, 6) is 0.0615. The van der Waals surface area contributed by atoms with Crippen LogP contribution in [0.3, 0.4) is 0 Å². The number of aryl methyl sites for hydroxylation is 1. The van der Waals surface area contributed by atoms with E-state index in [2.05, 4.69) is 13.8 Å². The summed E-state index contributed by atoms with van der Waals surface area (Å²) < 4.78 is 13.0. The first kappa shape index (κ1) is 13.0. The number of hydrogen-bond acceptors (Lipinski definition) is 2. The molecular formula is C15H15FOS. The van der Waals surface area contributed by atoms with Gasteiger partial charge in [-0.1, -0.05) is 26.0 Å². The Bertz CT molecular complexity index is 567. The van der Waals surface area contributed by atoms with E-state index < -0.39 is 0 Å². The van der Waals surface area contributed by atoms with Gasteiger partial charge in [-0.25, -0.2) is 4.39 Å². The van der Waals surface area contributed by atoms with Crippen molar-refractivity contribution in [2.75, 3.05) is 0 Å². The molecule has 0 saturated carbocycles. The highest BCUT2D eigenvalue weighted by molar-refractivity contribution is 7.13. The van der Waals surface area contributed by atoms with Crippen molar-refractivity contribution in [2.24, 2.45) is 0 Å². The second-order valence-corrected chi connectivity index (χ2v) is 5.85. The molecule has 0 aliphatic rings. The average molecular weight is 262 g/mol. The van der Waals surface area contributed by atoms with Gasteiger partial charge in [0.2, 0.25) is 0 Å². The van der Waals surface area contributed by atoms with Crippen LogP contribution in [-0.2, 0) is 0 Å². The maximum atomic E-state index is 13.0. The molecule has 0 radical (unpaired) electrons. The summed E-state index contributed by atoms with van der Waals surface area (Å²) in [5.41, 5.74) is 2.59. The maximum absolute atomic E-state index is 13.0. The molecule has 0 amide bonds. The first-order valence-electron chi connectivity index (χ1n) is 5.89. The molecule has 0 N–H and O–H groups in total. The van der Waals surface area contributed by atoms with Crippen molar-refractivity contribution in [1.29, 1.82) is 0 Å². The second-order valence-electron chi connectivity index (χ2n) is 4.59. The Hall–Kier alpha value is -1.48. The lowest BCUT2D eigenvalue weighted by Gasteiger charge is -2.05. The third kappa shape index (κ3) is 2.23. The molecule has 1 aromatic heterocycles. The number of rotatable bonds is 3. The van der Waals surface area contributed by atoms with Gasteiger partial charge in [-0.15, -0.1) is 11.3 Å². The van der Waals surface area contributed by atoms with Gasteiger partial charge in [0.1, 0.15) is 5.82 Å². The highest BCUT2D eigenvalue weighted by Crippen LogP contribution is 2.38. The summed E-state index contributed by atoms with van der Waals surface area (Å²) in [6.07, 6.45) is 0.914. The number of halogens is 1. The zero-order valence-corrected chi connectivity index (χ0v) is 11.5. The Balaban J connectivity index is 2.63. The summed E-state index contributed by atoms with van der Waals surface area (Å²) in [4.78, 5) is 13.5. The molecule has 18 heavy (non-hydrogen) atoms. The van der Waals surface area contributed by atoms with Gasteiger partial charge in [0.15, 0.2) is 6.29 Å². The van der Waals surface area contributed by atoms with Crippen LogP contribution in [0.2, 0.25) is 0 Å². The van der Waals surface area contributed by atoms with E-state index in [1.54, 1.807) is 23.5 Å². The lowest BCUT2D eigenvalue weighted by molar-refractivity contribution is 0.112. The van der Waals surface area contributed by atoms with Crippen molar-refractivity contribution in [2.45, 2.75) is 26.7 Å². The molecular weight excluding hydrogens is 247 g/mol. The molecule has 1 aromatic carbocycles. The Morgan fingerprint density at radius 3 is 2.33 bits per heavy atom. The van der Waals surface area contributed by atoms with Crippen LogP contribution in [0, 0.1) is 12.7 Å². The fourth-order valence-electron chi connectivity index (χ4n) is 2.10. The van der Waals surface area contributed by atoms with Crippen molar-refractivity contribution in [1.82, 2.24) is 0 Å². The van der Waals surface area contributed by atoms with E-state index in [-0.39, 0.29) is 5.82 Å². The minimum atomic E-state index is -0.261. The van der Waals surface area contributed by atoms with Crippen molar-refractivity contribution >= 4 is 17.6 Å². The second kappa shape index (κ2) is 5.02. The first-order chi connectivity index (χ1) is 8.54. The molecule has 1 nitrogen and oxygen atoms in total. The molecule has 0 unspecified atom stereocenters. The Morgan fingerprint density at radius 2 is 1.83 bits per heavy atom. The summed E-state index contributed by atoms with van der Waals surface area (Å²) in [7, 11) is 0. The van der Waals surface area contributed by atoms with Gasteiger partial charge in [-0.05, 0) is 30.5 Å². The molecule has 3 heteroatoms. The van der Waals surface area contributed by atoms with Crippen LogP contribution in [0.5, 0.6) is 0 Å². The van der Waals surface area contributed by atoms with Gasteiger partial charge < -0.3 is 0 Å². The predicted molar refractivity (Wildman–Crippen MR) is 73.9 cm³/mol. The molecule has 94 valence electrons. The molecule has 0 spiro atoms. The topological polar surface area (TPSA) is 17.1 Å². The fourth-order valence-corrected chi connectivity index (χ4v) is 3.26. The van der Waals surface area contributed by atoms with E-state index in [4.69, 9.17) is 0 Å². The smallest absolute Gasteiger partial charge is 0.151 e. The predicted octanol–water partition coefficient (Wildman–Crippen LogP) is 4.80. The zero-order chi connectivity index (χ0) is 13.3. The minimum absolute atomic E-state index is 0.261. The summed E-state index contributed by atoms with van der Waals surface area (Å²) in [6, 6.07) is 6.30. The van der Waals surface area contributed by atoms with Gasteiger partial charge in [-0.3, -0.25) is 4.79 Å². The molecule has 2 aromatic rings. The number of aldehydes is 1. The Morgan fingerprint density at radius 1 is 1.22 bits per heavy atom. The van der Waals surface area contributed by atoms with Crippen LogP contribution >= 0.6 is 11.3 Å². The molecule has 0 bridgehead atoms. The number of thiophene rings is 1. The molecule has 0 saturated heterocycles. The van der Waals surface area contributed by atoms with E-state index in [0.29, 0.717) is 5.92 Å². The van der Waals surface area contributed by atoms with Gasteiger partial charge >= 0.3 is 0 Å². The van der Waals surface area contributed by atoms with E-state index >= 15 is 0 Å². The van der Waals surface area contributed by atoms with Gasteiger partial charge in [-0.2, -0.15) is 0 Å². The van der Waals surface area contributed by atoms with E-state index in [1.165, 1.54) is 12.1 Å². The fraction of sp³-hybridized carbons (Fsp3) is 0.267. The molecule has 0 aliphatic heterocycles. The van der Waals surface area contributed by atoms with Crippen molar-refractivity contribution < 1.29 is 9.18 Å². The summed E-state index contributed by atoms with van der Waals surface area (Å²) >= 11 is 1.65. The van der Waals surface area contributed by atoms with Gasteiger partial charge in [0, 0.05) is 20.9 Å². The normalized spacial score (nSPS) is 10.9. The molecule has 2 rings (SSSR count). The zero-order valence-electron chi connectivity index (χ0n) is 10.7. The van der Waals surface area contributed by atoms with Crippen LogP contribution < -0.4 is 0 Å². The van der Waals surface area contributed by atoms with Crippen LogP contribution in [-0.4, -0.2) is 6.29 Å². The standard InChI is InChI=1S/C15H15FOS/c1-9(2)15-13(8-17)14(10(3)18-15)11-4-6-12(16)7-5-11/h4-9H,1-3H3. The van der Waals surface area contributed by atoms with E-state index in [1.807, 2.05) is 6.92 Å². The molecule has 0 fully saturated rings. The molecule has 0 aliphatic carbocycles. The summed E-state index contributed by atoms with van der Waals surface area (Å²) in [5, 5.41) is 0. The van der Waals surface area contributed by atoms with Crippen LogP contribution in [0.25, 0.3) is 11.1 Å².